The fourth-order valence-corrected chi connectivity index (χ4v) is 3.06. The van der Waals surface area contributed by atoms with Crippen molar-refractivity contribution in [3.8, 4) is 0 Å². The van der Waals surface area contributed by atoms with E-state index >= 15 is 0 Å². The number of ether oxygens (including phenoxy) is 1. The molecule has 1 aromatic carbocycles. The fourth-order valence-electron chi connectivity index (χ4n) is 2.95. The Morgan fingerprint density at radius 3 is 2.58 bits per heavy atom. The molecular weight excluding hydrogens is 324 g/mol. The Kier molecular flexibility index (Phi) is 5.83. The van der Waals surface area contributed by atoms with E-state index in [1.807, 2.05) is 35.2 Å². The summed E-state index contributed by atoms with van der Waals surface area (Å²) in [5.74, 6) is 0.473. The van der Waals surface area contributed by atoms with Crippen molar-refractivity contribution in [3.63, 3.8) is 0 Å². The first-order valence-corrected chi connectivity index (χ1v) is 8.62. The van der Waals surface area contributed by atoms with E-state index in [1.165, 1.54) is 0 Å². The van der Waals surface area contributed by atoms with Gasteiger partial charge in [0.25, 0.3) is 5.91 Å². The normalized spacial score (nSPS) is 15.2. The molecule has 0 spiro atoms. The topological polar surface area (TPSA) is 42.4 Å². The van der Waals surface area contributed by atoms with Crippen molar-refractivity contribution in [1.29, 1.82) is 0 Å². The van der Waals surface area contributed by atoms with Crippen LogP contribution in [-0.4, -0.2) is 35.5 Å². The molecule has 5 heteroatoms. The Hall–Kier alpha value is -1.91. The number of hydrogen-bond donors (Lipinski definition) is 0. The third-order valence-electron chi connectivity index (χ3n) is 4.30. The summed E-state index contributed by atoms with van der Waals surface area (Å²) in [6, 6.07) is 13.5. The van der Waals surface area contributed by atoms with Crippen LogP contribution in [0.4, 0.5) is 0 Å². The molecule has 1 aliphatic rings. The molecule has 0 saturated carbocycles. The lowest BCUT2D eigenvalue weighted by molar-refractivity contribution is 0.0445. The van der Waals surface area contributed by atoms with Gasteiger partial charge in [-0.15, -0.1) is 0 Å². The Labute approximate surface area is 147 Å². The van der Waals surface area contributed by atoms with Gasteiger partial charge in [0.1, 0.15) is 5.15 Å². The average molecular weight is 345 g/mol. The Bertz CT molecular complexity index is 655. The van der Waals surface area contributed by atoms with Crippen molar-refractivity contribution < 1.29 is 9.53 Å². The molecule has 0 N–H and O–H groups in total. The minimum Gasteiger partial charge on any atom is -0.381 e. The number of halogens is 1. The predicted molar refractivity (Wildman–Crippen MR) is 94.0 cm³/mol. The number of pyridine rings is 1. The highest BCUT2D eigenvalue weighted by atomic mass is 35.5. The summed E-state index contributed by atoms with van der Waals surface area (Å²) in [5.41, 5.74) is 1.70. The average Bonchev–Trinajstić information content (AvgIpc) is 2.63. The van der Waals surface area contributed by atoms with Crippen molar-refractivity contribution in [2.24, 2.45) is 5.92 Å². The highest BCUT2D eigenvalue weighted by molar-refractivity contribution is 6.29. The molecule has 0 aliphatic carbocycles. The molecule has 1 saturated heterocycles. The maximum atomic E-state index is 12.9. The molecule has 1 fully saturated rings. The third-order valence-corrected chi connectivity index (χ3v) is 4.52. The van der Waals surface area contributed by atoms with Crippen LogP contribution in [-0.2, 0) is 11.3 Å². The van der Waals surface area contributed by atoms with E-state index < -0.39 is 0 Å². The summed E-state index contributed by atoms with van der Waals surface area (Å²) < 4.78 is 5.43. The number of nitrogens with zero attached hydrogens (tertiary/aromatic N) is 2. The zero-order chi connectivity index (χ0) is 16.8. The quantitative estimate of drug-likeness (QED) is 0.775. The number of benzene rings is 1. The Morgan fingerprint density at radius 1 is 1.17 bits per heavy atom. The van der Waals surface area contributed by atoms with Crippen LogP contribution in [0.2, 0.25) is 5.15 Å². The van der Waals surface area contributed by atoms with Crippen LogP contribution in [0.25, 0.3) is 0 Å². The molecule has 4 nitrogen and oxygen atoms in total. The molecule has 2 aromatic rings. The number of rotatable bonds is 5. The van der Waals surface area contributed by atoms with Crippen LogP contribution in [0.5, 0.6) is 0 Å². The highest BCUT2D eigenvalue weighted by Crippen LogP contribution is 2.19. The smallest absolute Gasteiger partial charge is 0.255 e. The molecule has 3 rings (SSSR count). The van der Waals surface area contributed by atoms with E-state index in [-0.39, 0.29) is 5.91 Å². The maximum absolute atomic E-state index is 12.9. The molecule has 24 heavy (non-hydrogen) atoms. The molecular formula is C19H21ClN2O2. The second-order valence-corrected chi connectivity index (χ2v) is 6.48. The minimum absolute atomic E-state index is 0.00508. The van der Waals surface area contributed by atoms with Crippen LogP contribution in [0, 0.1) is 5.92 Å². The first-order chi connectivity index (χ1) is 11.7. The van der Waals surface area contributed by atoms with Gasteiger partial charge < -0.3 is 9.64 Å². The molecule has 0 radical (unpaired) electrons. The van der Waals surface area contributed by atoms with Gasteiger partial charge in [-0.3, -0.25) is 4.79 Å². The summed E-state index contributed by atoms with van der Waals surface area (Å²) in [7, 11) is 0. The molecule has 0 atom stereocenters. The first-order valence-electron chi connectivity index (χ1n) is 8.25. The zero-order valence-corrected chi connectivity index (χ0v) is 14.3. The maximum Gasteiger partial charge on any atom is 0.255 e. The van der Waals surface area contributed by atoms with Crippen LogP contribution >= 0.6 is 11.6 Å². The third kappa shape index (κ3) is 4.56. The van der Waals surface area contributed by atoms with E-state index in [0.29, 0.717) is 23.2 Å². The summed E-state index contributed by atoms with van der Waals surface area (Å²) in [4.78, 5) is 18.9. The van der Waals surface area contributed by atoms with Gasteiger partial charge in [-0.05, 0) is 36.5 Å². The standard InChI is InChI=1S/C19H21ClN2O2/c20-18-7-6-17(12-21-18)19(23)22(13-15-4-2-1-3-5-15)14-16-8-10-24-11-9-16/h1-7,12,16H,8-11,13-14H2. The molecule has 2 heterocycles. The van der Waals surface area contributed by atoms with Crippen molar-refractivity contribution >= 4 is 17.5 Å². The number of carbonyl (C=O) groups is 1. The van der Waals surface area contributed by atoms with Gasteiger partial charge >= 0.3 is 0 Å². The van der Waals surface area contributed by atoms with Gasteiger partial charge in [0.15, 0.2) is 0 Å². The lowest BCUT2D eigenvalue weighted by Crippen LogP contribution is -2.36. The molecule has 126 valence electrons. The van der Waals surface area contributed by atoms with Crippen molar-refractivity contribution in [2.75, 3.05) is 19.8 Å². The number of carbonyl (C=O) groups excluding carboxylic acids is 1. The van der Waals surface area contributed by atoms with Gasteiger partial charge in [0.2, 0.25) is 0 Å². The number of aromatic nitrogens is 1. The van der Waals surface area contributed by atoms with Crippen molar-refractivity contribution in [3.05, 3.63) is 64.9 Å². The summed E-state index contributed by atoms with van der Waals surface area (Å²) in [5, 5.41) is 0.394. The fraction of sp³-hybridized carbons (Fsp3) is 0.368. The predicted octanol–water partition coefficient (Wildman–Crippen LogP) is 3.80. The SMILES string of the molecule is O=C(c1ccc(Cl)nc1)N(Cc1ccccc1)CC1CCOCC1. The Balaban J connectivity index is 1.77. The second-order valence-electron chi connectivity index (χ2n) is 6.10. The molecule has 1 amide bonds. The van der Waals surface area contributed by atoms with E-state index in [9.17, 15) is 4.79 Å². The van der Waals surface area contributed by atoms with Crippen LogP contribution in [0.15, 0.2) is 48.7 Å². The summed E-state index contributed by atoms with van der Waals surface area (Å²) in [6.07, 6.45) is 3.54. The second kappa shape index (κ2) is 8.27. The largest absolute Gasteiger partial charge is 0.381 e. The van der Waals surface area contributed by atoms with Crippen LogP contribution < -0.4 is 0 Å². The lowest BCUT2D eigenvalue weighted by atomic mass is 9.99. The molecule has 0 unspecified atom stereocenters. The van der Waals surface area contributed by atoms with E-state index in [2.05, 4.69) is 4.98 Å². The zero-order valence-electron chi connectivity index (χ0n) is 13.5. The highest BCUT2D eigenvalue weighted by Gasteiger charge is 2.22. The van der Waals surface area contributed by atoms with Gasteiger partial charge in [0, 0.05) is 32.5 Å². The van der Waals surface area contributed by atoms with Crippen LogP contribution in [0.3, 0.4) is 0 Å². The van der Waals surface area contributed by atoms with Gasteiger partial charge in [0.05, 0.1) is 5.56 Å². The van der Waals surface area contributed by atoms with E-state index in [0.717, 1.165) is 38.2 Å². The van der Waals surface area contributed by atoms with Crippen molar-refractivity contribution in [1.82, 2.24) is 9.88 Å². The molecule has 1 aliphatic heterocycles. The van der Waals surface area contributed by atoms with Crippen molar-refractivity contribution in [2.45, 2.75) is 19.4 Å². The monoisotopic (exact) mass is 344 g/mol. The number of hydrogen-bond acceptors (Lipinski definition) is 3. The first kappa shape index (κ1) is 16.9. The Morgan fingerprint density at radius 2 is 1.92 bits per heavy atom. The van der Waals surface area contributed by atoms with E-state index in [1.54, 1.807) is 18.3 Å². The van der Waals surface area contributed by atoms with Gasteiger partial charge in [-0.1, -0.05) is 41.9 Å². The minimum atomic E-state index is -0.00508. The van der Waals surface area contributed by atoms with Gasteiger partial charge in [-0.25, -0.2) is 4.98 Å². The lowest BCUT2D eigenvalue weighted by Gasteiger charge is -2.30. The van der Waals surface area contributed by atoms with E-state index in [4.69, 9.17) is 16.3 Å². The number of amides is 1. The van der Waals surface area contributed by atoms with Gasteiger partial charge in [-0.2, -0.15) is 0 Å². The molecule has 0 bridgehead atoms. The molecule has 1 aromatic heterocycles. The van der Waals surface area contributed by atoms with Crippen LogP contribution in [0.1, 0.15) is 28.8 Å². The summed E-state index contributed by atoms with van der Waals surface area (Å²) >= 11 is 5.83. The summed E-state index contributed by atoms with van der Waals surface area (Å²) in [6.45, 7) is 2.89.